The van der Waals surface area contributed by atoms with Gasteiger partial charge in [0.05, 0.1) is 0 Å². The van der Waals surface area contributed by atoms with Crippen molar-refractivity contribution in [3.63, 3.8) is 0 Å². The van der Waals surface area contributed by atoms with Crippen molar-refractivity contribution < 1.29 is 5.11 Å². The van der Waals surface area contributed by atoms with E-state index < -0.39 is 5.60 Å². The maximum Gasteiger partial charge on any atom is 0.127 e. The normalized spacial score (nSPS) is 13.4. The first-order chi connectivity index (χ1) is 12.1. The zero-order chi connectivity index (χ0) is 17.7. The summed E-state index contributed by atoms with van der Waals surface area (Å²) in [6.07, 6.45) is 0. The number of halogens is 2. The topological polar surface area (TPSA) is 32.3 Å². The lowest BCUT2D eigenvalue weighted by Crippen LogP contribution is -2.39. The fraction of sp³-hybridized carbons (Fsp3) is 0.143. The average molecular weight is 417 g/mol. The van der Waals surface area contributed by atoms with E-state index in [9.17, 15) is 5.11 Å². The molecule has 0 heterocycles. The molecule has 1 unspecified atom stereocenters. The minimum absolute atomic E-state index is 0.394. The highest BCUT2D eigenvalue weighted by Gasteiger charge is 2.31. The van der Waals surface area contributed by atoms with Gasteiger partial charge in [0.1, 0.15) is 5.60 Å². The Hall–Kier alpha value is -1.65. The molecule has 0 spiro atoms. The van der Waals surface area contributed by atoms with Crippen molar-refractivity contribution >= 4 is 27.5 Å². The van der Waals surface area contributed by atoms with E-state index >= 15 is 0 Å². The third-order valence-corrected chi connectivity index (χ3v) is 4.98. The molecule has 0 aliphatic carbocycles. The first-order valence-corrected chi connectivity index (χ1v) is 9.24. The summed E-state index contributed by atoms with van der Waals surface area (Å²) in [4.78, 5) is 0. The predicted octanol–water partition coefficient (Wildman–Crippen LogP) is 5.13. The van der Waals surface area contributed by atoms with Crippen LogP contribution in [0.5, 0.6) is 0 Å². The fourth-order valence-electron chi connectivity index (χ4n) is 2.81. The van der Waals surface area contributed by atoms with Crippen molar-refractivity contribution in [2.24, 2.45) is 0 Å². The summed E-state index contributed by atoms with van der Waals surface area (Å²) >= 11 is 9.46. The number of hydrogen-bond donors (Lipinski definition) is 2. The van der Waals surface area contributed by atoms with Gasteiger partial charge in [-0.2, -0.15) is 0 Å². The summed E-state index contributed by atoms with van der Waals surface area (Å²) in [5.41, 5.74) is 1.68. The number of benzene rings is 3. The minimum atomic E-state index is -1.14. The highest BCUT2D eigenvalue weighted by Crippen LogP contribution is 2.31. The lowest BCUT2D eigenvalue weighted by molar-refractivity contribution is 0.0796. The Morgan fingerprint density at radius 3 is 2.00 bits per heavy atom. The van der Waals surface area contributed by atoms with E-state index in [1.165, 1.54) is 5.56 Å². The number of nitrogens with one attached hydrogen (secondary N) is 1. The molecule has 3 rings (SSSR count). The maximum atomic E-state index is 11.5. The largest absolute Gasteiger partial charge is 0.379 e. The first-order valence-electron chi connectivity index (χ1n) is 8.07. The quantitative estimate of drug-likeness (QED) is 0.584. The van der Waals surface area contributed by atoms with E-state index in [0.717, 1.165) is 15.6 Å². The zero-order valence-electron chi connectivity index (χ0n) is 13.6. The molecule has 4 heteroatoms. The second-order valence-electron chi connectivity index (χ2n) is 5.96. The molecule has 25 heavy (non-hydrogen) atoms. The lowest BCUT2D eigenvalue weighted by atomic mass is 9.86. The number of hydrogen-bond acceptors (Lipinski definition) is 2. The second kappa shape index (κ2) is 8.15. The average Bonchev–Trinajstić information content (AvgIpc) is 2.63. The van der Waals surface area contributed by atoms with Gasteiger partial charge in [-0.25, -0.2) is 0 Å². The van der Waals surface area contributed by atoms with Crippen LogP contribution < -0.4 is 5.32 Å². The van der Waals surface area contributed by atoms with Crippen LogP contribution in [0.4, 0.5) is 0 Å². The molecule has 2 nitrogen and oxygen atoms in total. The van der Waals surface area contributed by atoms with Gasteiger partial charge < -0.3 is 10.4 Å². The first kappa shape index (κ1) is 18.2. The molecule has 0 saturated heterocycles. The van der Waals surface area contributed by atoms with E-state index in [2.05, 4.69) is 33.4 Å². The molecule has 0 aliphatic rings. The third kappa shape index (κ3) is 4.50. The van der Waals surface area contributed by atoms with Crippen LogP contribution >= 0.6 is 27.5 Å². The molecule has 0 radical (unpaired) electrons. The molecule has 0 amide bonds. The molecule has 0 bridgehead atoms. The Kier molecular flexibility index (Phi) is 5.92. The van der Waals surface area contributed by atoms with Gasteiger partial charge in [-0.05, 0) is 41.0 Å². The standard InChI is InChI=1S/C21H19BrClNO/c22-19-10-6-17(7-11-19)21(25,18-8-12-20(23)13-9-18)15-24-14-16-4-2-1-3-5-16/h1-13,24-25H,14-15H2. The summed E-state index contributed by atoms with van der Waals surface area (Å²) in [6, 6.07) is 25.2. The molecule has 0 aliphatic heterocycles. The molecule has 2 N–H and O–H groups in total. The molecule has 1 atom stereocenters. The van der Waals surface area contributed by atoms with Gasteiger partial charge >= 0.3 is 0 Å². The van der Waals surface area contributed by atoms with E-state index in [-0.39, 0.29) is 0 Å². The minimum Gasteiger partial charge on any atom is -0.379 e. The van der Waals surface area contributed by atoms with Gasteiger partial charge in [0.25, 0.3) is 0 Å². The molecular weight excluding hydrogens is 398 g/mol. The van der Waals surface area contributed by atoms with Crippen molar-refractivity contribution in [2.75, 3.05) is 6.54 Å². The molecule has 3 aromatic rings. The van der Waals surface area contributed by atoms with Crippen molar-refractivity contribution in [1.29, 1.82) is 0 Å². The van der Waals surface area contributed by atoms with Crippen molar-refractivity contribution in [1.82, 2.24) is 5.32 Å². The van der Waals surface area contributed by atoms with E-state index in [0.29, 0.717) is 18.1 Å². The molecule has 0 saturated carbocycles. The van der Waals surface area contributed by atoms with Gasteiger partial charge in [-0.15, -0.1) is 0 Å². The van der Waals surface area contributed by atoms with Crippen LogP contribution in [0.2, 0.25) is 5.02 Å². The summed E-state index contributed by atoms with van der Waals surface area (Å²) in [5.74, 6) is 0. The Labute approximate surface area is 161 Å². The summed E-state index contributed by atoms with van der Waals surface area (Å²) in [6.45, 7) is 1.08. The fourth-order valence-corrected chi connectivity index (χ4v) is 3.20. The SMILES string of the molecule is OC(CNCc1ccccc1)(c1ccc(Cl)cc1)c1ccc(Br)cc1. The van der Waals surface area contributed by atoms with Gasteiger partial charge in [0.15, 0.2) is 0 Å². The van der Waals surface area contributed by atoms with E-state index in [1.54, 1.807) is 12.1 Å². The molecular formula is C21H19BrClNO. The van der Waals surface area contributed by atoms with Crippen LogP contribution in [0.3, 0.4) is 0 Å². The van der Waals surface area contributed by atoms with Crippen molar-refractivity contribution in [3.05, 3.63) is 105 Å². The Balaban J connectivity index is 1.86. The van der Waals surface area contributed by atoms with Crippen LogP contribution in [-0.4, -0.2) is 11.7 Å². The Morgan fingerprint density at radius 2 is 1.40 bits per heavy atom. The smallest absolute Gasteiger partial charge is 0.127 e. The van der Waals surface area contributed by atoms with Crippen LogP contribution in [0.1, 0.15) is 16.7 Å². The second-order valence-corrected chi connectivity index (χ2v) is 7.32. The molecule has 128 valence electrons. The molecule has 0 aromatic heterocycles. The molecule has 0 fully saturated rings. The number of rotatable bonds is 6. The van der Waals surface area contributed by atoms with Crippen LogP contribution in [0, 0.1) is 0 Å². The highest BCUT2D eigenvalue weighted by molar-refractivity contribution is 9.10. The predicted molar refractivity (Wildman–Crippen MR) is 107 cm³/mol. The Bertz CT molecular complexity index is 758. The zero-order valence-corrected chi connectivity index (χ0v) is 16.0. The van der Waals surface area contributed by atoms with Crippen LogP contribution in [0.25, 0.3) is 0 Å². The van der Waals surface area contributed by atoms with E-state index in [1.807, 2.05) is 54.6 Å². The van der Waals surface area contributed by atoms with Crippen LogP contribution in [-0.2, 0) is 12.1 Å². The van der Waals surface area contributed by atoms with Gasteiger partial charge in [-0.1, -0.05) is 82.1 Å². The highest BCUT2D eigenvalue weighted by atomic mass is 79.9. The monoisotopic (exact) mass is 415 g/mol. The number of aliphatic hydroxyl groups is 1. The van der Waals surface area contributed by atoms with Crippen LogP contribution in [0.15, 0.2) is 83.3 Å². The van der Waals surface area contributed by atoms with Gasteiger partial charge in [0, 0.05) is 22.6 Å². The summed E-state index contributed by atoms with van der Waals surface area (Å²) < 4.78 is 0.979. The van der Waals surface area contributed by atoms with Gasteiger partial charge in [0.2, 0.25) is 0 Å². The lowest BCUT2D eigenvalue weighted by Gasteiger charge is -2.30. The molecule has 3 aromatic carbocycles. The van der Waals surface area contributed by atoms with Gasteiger partial charge in [-0.3, -0.25) is 0 Å². The third-order valence-electron chi connectivity index (χ3n) is 4.20. The van der Waals surface area contributed by atoms with Crippen molar-refractivity contribution in [3.8, 4) is 0 Å². The van der Waals surface area contributed by atoms with E-state index in [4.69, 9.17) is 11.6 Å². The summed E-state index contributed by atoms with van der Waals surface area (Å²) in [7, 11) is 0. The maximum absolute atomic E-state index is 11.5. The van der Waals surface area contributed by atoms with Crippen molar-refractivity contribution in [2.45, 2.75) is 12.1 Å². The summed E-state index contributed by atoms with van der Waals surface area (Å²) in [5, 5.41) is 15.5. The Morgan fingerprint density at radius 1 is 0.840 bits per heavy atom.